The van der Waals surface area contributed by atoms with Crippen LogP contribution in [0.4, 0.5) is 27.8 Å². The van der Waals surface area contributed by atoms with Crippen molar-refractivity contribution >= 4 is 11.7 Å². The summed E-state index contributed by atoms with van der Waals surface area (Å²) in [5, 5.41) is 2.77. The summed E-state index contributed by atoms with van der Waals surface area (Å²) in [7, 11) is 0. The molecule has 0 spiro atoms. The maximum absolute atomic E-state index is 14.2. The highest BCUT2D eigenvalue weighted by molar-refractivity contribution is 5.73. The molecule has 0 saturated carbocycles. The number of carbonyl (C=O) groups excluding carboxylic acids is 1. The van der Waals surface area contributed by atoms with Crippen molar-refractivity contribution in [2.75, 3.05) is 31.1 Å². The lowest BCUT2D eigenvalue weighted by molar-refractivity contribution is -0.129. The Morgan fingerprint density at radius 3 is 2.61 bits per heavy atom. The van der Waals surface area contributed by atoms with Crippen LogP contribution in [0.2, 0.25) is 0 Å². The van der Waals surface area contributed by atoms with E-state index in [1.165, 1.54) is 19.3 Å². The number of nitrogens with zero attached hydrogens (tertiary/aromatic N) is 4. The first-order valence-corrected chi connectivity index (χ1v) is 10.3. The van der Waals surface area contributed by atoms with E-state index in [2.05, 4.69) is 15.3 Å². The van der Waals surface area contributed by atoms with E-state index < -0.39 is 42.2 Å². The molecule has 2 aromatic rings. The van der Waals surface area contributed by atoms with Crippen molar-refractivity contribution in [3.8, 4) is 5.75 Å². The van der Waals surface area contributed by atoms with Crippen LogP contribution in [0, 0.1) is 5.82 Å². The first-order valence-electron chi connectivity index (χ1n) is 10.3. The Balaban J connectivity index is 1.36. The first kappa shape index (κ1) is 23.1. The van der Waals surface area contributed by atoms with E-state index in [-0.39, 0.29) is 24.9 Å². The Hall–Kier alpha value is -3.02. The van der Waals surface area contributed by atoms with E-state index in [0.717, 1.165) is 23.1 Å². The van der Waals surface area contributed by atoms with Crippen molar-refractivity contribution < 1.29 is 31.5 Å². The van der Waals surface area contributed by atoms with Crippen LogP contribution in [-0.4, -0.2) is 65.0 Å². The molecular weight excluding hydrogens is 449 g/mol. The van der Waals surface area contributed by atoms with Gasteiger partial charge < -0.3 is 19.9 Å². The zero-order chi connectivity index (χ0) is 23.8. The van der Waals surface area contributed by atoms with Gasteiger partial charge in [0.05, 0.1) is 31.4 Å². The highest BCUT2D eigenvalue weighted by Crippen LogP contribution is 2.30. The molecule has 0 bridgehead atoms. The summed E-state index contributed by atoms with van der Waals surface area (Å²) in [5.74, 6) is -3.80. The number of hydrogen-bond acceptors (Lipinski definition) is 6. The molecule has 1 amide bonds. The molecule has 1 unspecified atom stereocenters. The van der Waals surface area contributed by atoms with Crippen molar-refractivity contribution in [1.29, 1.82) is 0 Å². The zero-order valence-corrected chi connectivity index (χ0v) is 17.6. The lowest BCUT2D eigenvalue weighted by Crippen LogP contribution is -2.55. The molecule has 7 nitrogen and oxygen atoms in total. The number of halogens is 5. The predicted molar refractivity (Wildman–Crippen MR) is 108 cm³/mol. The number of carbonyl (C=O) groups is 1. The second-order valence-electron chi connectivity index (χ2n) is 8.09. The average molecular weight is 471 g/mol. The zero-order valence-electron chi connectivity index (χ0n) is 17.6. The SMILES string of the molecule is CC(=O)N1CC(NCc2nccnc2N2CC(Oc3cc(F)cc(C(F)F)c3)C2)C(F)(F)C1. The molecule has 0 aliphatic carbocycles. The number of hydrogen-bond donors (Lipinski definition) is 1. The van der Waals surface area contributed by atoms with Crippen LogP contribution in [0.25, 0.3) is 0 Å². The maximum atomic E-state index is 14.2. The summed E-state index contributed by atoms with van der Waals surface area (Å²) in [5.41, 5.74) is -0.0192. The molecule has 178 valence electrons. The molecule has 2 aliphatic heterocycles. The van der Waals surface area contributed by atoms with Gasteiger partial charge in [-0.15, -0.1) is 0 Å². The average Bonchev–Trinajstić information content (AvgIpc) is 3.03. The molecule has 1 aromatic carbocycles. The van der Waals surface area contributed by atoms with Gasteiger partial charge in [-0.25, -0.2) is 26.9 Å². The number of rotatable bonds is 7. The quantitative estimate of drug-likeness (QED) is 0.627. The first-order chi connectivity index (χ1) is 15.6. The van der Waals surface area contributed by atoms with E-state index in [0.29, 0.717) is 24.6 Å². The van der Waals surface area contributed by atoms with Gasteiger partial charge in [-0.2, -0.15) is 0 Å². The van der Waals surface area contributed by atoms with Gasteiger partial charge in [0, 0.05) is 44.0 Å². The number of alkyl halides is 4. The van der Waals surface area contributed by atoms with Gasteiger partial charge in [0.15, 0.2) is 5.82 Å². The van der Waals surface area contributed by atoms with Gasteiger partial charge >= 0.3 is 0 Å². The van der Waals surface area contributed by atoms with Gasteiger partial charge in [-0.05, 0) is 12.1 Å². The lowest BCUT2D eigenvalue weighted by atomic mass is 10.1. The number of nitrogens with one attached hydrogen (secondary N) is 1. The summed E-state index contributed by atoms with van der Waals surface area (Å²) < 4.78 is 73.4. The third kappa shape index (κ3) is 5.15. The number of anilines is 1. The van der Waals surface area contributed by atoms with Gasteiger partial charge in [-0.1, -0.05) is 0 Å². The van der Waals surface area contributed by atoms with Crippen LogP contribution in [0.15, 0.2) is 30.6 Å². The van der Waals surface area contributed by atoms with Crippen molar-refractivity contribution in [2.24, 2.45) is 0 Å². The molecule has 2 saturated heterocycles. The number of ether oxygens (including phenoxy) is 1. The van der Waals surface area contributed by atoms with Gasteiger partial charge in [-0.3, -0.25) is 9.78 Å². The Morgan fingerprint density at radius 1 is 1.21 bits per heavy atom. The molecule has 33 heavy (non-hydrogen) atoms. The Labute approximate surface area is 186 Å². The number of likely N-dealkylation sites (tertiary alicyclic amines) is 1. The molecule has 2 fully saturated rings. The highest BCUT2D eigenvalue weighted by Gasteiger charge is 2.48. The van der Waals surface area contributed by atoms with Crippen LogP contribution < -0.4 is 15.0 Å². The molecule has 0 radical (unpaired) electrons. The molecule has 1 aromatic heterocycles. The summed E-state index contributed by atoms with van der Waals surface area (Å²) in [4.78, 5) is 22.8. The van der Waals surface area contributed by atoms with E-state index in [1.807, 2.05) is 0 Å². The topological polar surface area (TPSA) is 70.6 Å². The molecule has 12 heteroatoms. The molecule has 1 atom stereocenters. The van der Waals surface area contributed by atoms with Gasteiger partial charge in [0.2, 0.25) is 5.91 Å². The lowest BCUT2D eigenvalue weighted by Gasteiger charge is -2.40. The minimum atomic E-state index is -3.06. The van der Waals surface area contributed by atoms with E-state index in [1.54, 1.807) is 4.90 Å². The standard InChI is InChI=1S/C21H22F5N5O2/c1-12(32)31-10-18(21(25,26)11-31)29-7-17-20(28-3-2-27-17)30-8-16(9-30)33-15-5-13(19(23)24)4-14(22)6-15/h2-6,16,18-19,29H,7-11H2,1H3. The van der Waals surface area contributed by atoms with Crippen molar-refractivity contribution in [2.45, 2.75) is 38.0 Å². The predicted octanol–water partition coefficient (Wildman–Crippen LogP) is 2.78. The Kier molecular flexibility index (Phi) is 6.37. The third-order valence-electron chi connectivity index (χ3n) is 5.62. The Morgan fingerprint density at radius 2 is 1.94 bits per heavy atom. The minimum Gasteiger partial charge on any atom is -0.487 e. The van der Waals surface area contributed by atoms with Gasteiger partial charge in [0.25, 0.3) is 12.3 Å². The van der Waals surface area contributed by atoms with Crippen molar-refractivity contribution in [3.63, 3.8) is 0 Å². The van der Waals surface area contributed by atoms with Crippen LogP contribution in [0.3, 0.4) is 0 Å². The van der Waals surface area contributed by atoms with Crippen molar-refractivity contribution in [3.05, 3.63) is 47.7 Å². The smallest absolute Gasteiger partial charge is 0.281 e. The maximum Gasteiger partial charge on any atom is 0.281 e. The summed E-state index contributed by atoms with van der Waals surface area (Å²) in [6, 6.07) is 1.69. The minimum absolute atomic E-state index is 0.00877. The Bertz CT molecular complexity index is 1020. The highest BCUT2D eigenvalue weighted by atomic mass is 19.3. The molecular formula is C21H22F5N5O2. The molecule has 4 rings (SSSR count). The van der Waals surface area contributed by atoms with Crippen LogP contribution in [-0.2, 0) is 11.3 Å². The number of amides is 1. The fraction of sp³-hybridized carbons (Fsp3) is 0.476. The number of aromatic nitrogens is 2. The summed E-state index contributed by atoms with van der Waals surface area (Å²) >= 11 is 0. The fourth-order valence-corrected chi connectivity index (χ4v) is 3.86. The summed E-state index contributed by atoms with van der Waals surface area (Å²) in [6.07, 6.45) is -0.286. The summed E-state index contributed by atoms with van der Waals surface area (Å²) in [6.45, 7) is 1.20. The van der Waals surface area contributed by atoms with E-state index in [9.17, 15) is 26.7 Å². The van der Waals surface area contributed by atoms with Gasteiger partial charge in [0.1, 0.15) is 17.7 Å². The largest absolute Gasteiger partial charge is 0.487 e. The van der Waals surface area contributed by atoms with E-state index in [4.69, 9.17) is 4.74 Å². The second-order valence-corrected chi connectivity index (χ2v) is 8.09. The molecule has 3 heterocycles. The van der Waals surface area contributed by atoms with Crippen LogP contribution >= 0.6 is 0 Å². The van der Waals surface area contributed by atoms with E-state index >= 15 is 0 Å². The normalized spacial score (nSPS) is 20.3. The van der Waals surface area contributed by atoms with Crippen LogP contribution in [0.1, 0.15) is 24.6 Å². The third-order valence-corrected chi connectivity index (χ3v) is 5.62. The molecule has 2 aliphatic rings. The fourth-order valence-electron chi connectivity index (χ4n) is 3.86. The second kappa shape index (κ2) is 9.08. The monoisotopic (exact) mass is 471 g/mol. The van der Waals surface area contributed by atoms with Crippen molar-refractivity contribution in [1.82, 2.24) is 20.2 Å². The number of benzene rings is 1. The van der Waals surface area contributed by atoms with Crippen LogP contribution in [0.5, 0.6) is 5.75 Å². The molecule has 1 N–H and O–H groups in total.